The van der Waals surface area contributed by atoms with Crippen molar-refractivity contribution in [2.45, 2.75) is 23.9 Å². The number of alkyl halides is 2. The number of carbonyl (C=O) groups excluding carboxylic acids is 1. The fraction of sp³-hybridized carbons (Fsp3) is 0.500. The SMILES string of the molecule is O=Cc1ccc(S(=O)(=O)CC2CC(F)(F)C2)o1. The first-order valence-corrected chi connectivity index (χ1v) is 6.63. The van der Waals surface area contributed by atoms with Crippen LogP contribution in [0.3, 0.4) is 0 Å². The molecule has 17 heavy (non-hydrogen) atoms. The van der Waals surface area contributed by atoms with Crippen molar-refractivity contribution < 1.29 is 26.4 Å². The van der Waals surface area contributed by atoms with E-state index in [1.165, 1.54) is 6.07 Å². The van der Waals surface area contributed by atoms with E-state index in [0.29, 0.717) is 6.29 Å². The van der Waals surface area contributed by atoms with Gasteiger partial charge in [-0.05, 0) is 18.1 Å². The molecule has 0 bridgehead atoms. The summed E-state index contributed by atoms with van der Waals surface area (Å²) in [6.45, 7) is 0. The van der Waals surface area contributed by atoms with E-state index in [9.17, 15) is 22.0 Å². The first-order valence-electron chi connectivity index (χ1n) is 4.98. The molecular weight excluding hydrogens is 254 g/mol. The van der Waals surface area contributed by atoms with Gasteiger partial charge in [0.2, 0.25) is 20.9 Å². The summed E-state index contributed by atoms with van der Waals surface area (Å²) in [6, 6.07) is 2.39. The second kappa shape index (κ2) is 3.90. The molecule has 1 saturated carbocycles. The predicted molar refractivity (Wildman–Crippen MR) is 53.8 cm³/mol. The van der Waals surface area contributed by atoms with Crippen LogP contribution in [-0.2, 0) is 9.84 Å². The second-order valence-corrected chi connectivity index (χ2v) is 6.15. The maximum absolute atomic E-state index is 12.6. The topological polar surface area (TPSA) is 64.3 Å². The number of rotatable bonds is 4. The van der Waals surface area contributed by atoms with Crippen molar-refractivity contribution in [1.29, 1.82) is 0 Å². The molecule has 0 atom stereocenters. The third-order valence-electron chi connectivity index (χ3n) is 2.65. The van der Waals surface area contributed by atoms with Crippen LogP contribution in [0.15, 0.2) is 21.6 Å². The van der Waals surface area contributed by atoms with E-state index in [1.54, 1.807) is 0 Å². The maximum Gasteiger partial charge on any atom is 0.248 e. The quantitative estimate of drug-likeness (QED) is 0.779. The van der Waals surface area contributed by atoms with E-state index in [2.05, 4.69) is 0 Å². The Balaban J connectivity index is 2.07. The summed E-state index contributed by atoms with van der Waals surface area (Å²) in [5.41, 5.74) is 0. The Morgan fingerprint density at radius 3 is 2.53 bits per heavy atom. The van der Waals surface area contributed by atoms with Crippen LogP contribution in [0.1, 0.15) is 23.4 Å². The van der Waals surface area contributed by atoms with Gasteiger partial charge in [-0.3, -0.25) is 4.79 Å². The Morgan fingerprint density at radius 1 is 1.41 bits per heavy atom. The van der Waals surface area contributed by atoms with Crippen LogP contribution in [0.25, 0.3) is 0 Å². The number of sulfone groups is 1. The van der Waals surface area contributed by atoms with Crippen LogP contribution in [0.4, 0.5) is 8.78 Å². The third-order valence-corrected chi connectivity index (χ3v) is 4.40. The molecule has 1 aromatic heterocycles. The molecule has 1 aromatic rings. The minimum absolute atomic E-state index is 0.0949. The number of hydrogen-bond acceptors (Lipinski definition) is 4. The Labute approximate surface area is 96.5 Å². The smallest absolute Gasteiger partial charge is 0.248 e. The number of aldehydes is 1. The molecule has 7 heteroatoms. The fourth-order valence-electron chi connectivity index (χ4n) is 1.86. The Hall–Kier alpha value is -1.24. The molecule has 1 aliphatic rings. The first kappa shape index (κ1) is 12.2. The zero-order valence-corrected chi connectivity index (χ0v) is 9.54. The Bertz CT molecular complexity index is 524. The molecule has 94 valence electrons. The minimum atomic E-state index is -3.72. The Morgan fingerprint density at radius 2 is 2.06 bits per heavy atom. The van der Waals surface area contributed by atoms with Crippen molar-refractivity contribution >= 4 is 16.1 Å². The molecule has 0 N–H and O–H groups in total. The van der Waals surface area contributed by atoms with E-state index >= 15 is 0 Å². The lowest BCUT2D eigenvalue weighted by atomic mass is 9.83. The van der Waals surface area contributed by atoms with Crippen molar-refractivity contribution in [3.8, 4) is 0 Å². The molecule has 0 radical (unpaired) electrons. The highest BCUT2D eigenvalue weighted by Crippen LogP contribution is 2.43. The maximum atomic E-state index is 12.6. The average molecular weight is 264 g/mol. The number of furan rings is 1. The second-order valence-electron chi connectivity index (χ2n) is 4.19. The molecular formula is C10H10F2O4S. The highest BCUT2D eigenvalue weighted by Gasteiger charge is 2.47. The van der Waals surface area contributed by atoms with Crippen molar-refractivity contribution in [3.05, 3.63) is 17.9 Å². The molecule has 1 aliphatic carbocycles. The van der Waals surface area contributed by atoms with E-state index < -0.39 is 34.5 Å². The summed E-state index contributed by atoms with van der Waals surface area (Å²) in [4.78, 5) is 10.3. The lowest BCUT2D eigenvalue weighted by molar-refractivity contribution is -0.103. The van der Waals surface area contributed by atoms with Gasteiger partial charge in [0.25, 0.3) is 0 Å². The third kappa shape index (κ3) is 2.54. The molecule has 0 aromatic carbocycles. The monoisotopic (exact) mass is 264 g/mol. The molecule has 0 aliphatic heterocycles. The van der Waals surface area contributed by atoms with Gasteiger partial charge in [-0.1, -0.05) is 0 Å². The van der Waals surface area contributed by atoms with Crippen molar-refractivity contribution in [2.75, 3.05) is 5.75 Å². The zero-order chi connectivity index (χ0) is 12.7. The first-order chi connectivity index (χ1) is 7.82. The number of carbonyl (C=O) groups is 1. The van der Waals surface area contributed by atoms with Crippen LogP contribution in [-0.4, -0.2) is 26.4 Å². The van der Waals surface area contributed by atoms with E-state index in [0.717, 1.165) is 6.07 Å². The largest absolute Gasteiger partial charge is 0.442 e. The molecule has 0 saturated heterocycles. The van der Waals surface area contributed by atoms with Crippen LogP contribution >= 0.6 is 0 Å². The number of halogens is 2. The predicted octanol–water partition coefficient (Wildman–Crippen LogP) is 1.91. The standard InChI is InChI=1S/C10H10F2O4S/c11-10(12)3-7(4-10)6-17(14,15)9-2-1-8(5-13)16-9/h1-2,5,7H,3-4,6H2. The average Bonchev–Trinajstić information content (AvgIpc) is 2.62. The lowest BCUT2D eigenvalue weighted by Gasteiger charge is -2.34. The van der Waals surface area contributed by atoms with Gasteiger partial charge in [0, 0.05) is 12.8 Å². The normalized spacial score (nSPS) is 19.9. The van der Waals surface area contributed by atoms with E-state index in [1.807, 2.05) is 0 Å². The van der Waals surface area contributed by atoms with E-state index in [-0.39, 0.29) is 16.6 Å². The van der Waals surface area contributed by atoms with Gasteiger partial charge in [-0.2, -0.15) is 0 Å². The molecule has 0 unspecified atom stereocenters. The molecule has 1 fully saturated rings. The van der Waals surface area contributed by atoms with Crippen molar-refractivity contribution in [2.24, 2.45) is 5.92 Å². The summed E-state index contributed by atoms with van der Waals surface area (Å²) in [5, 5.41) is -0.338. The van der Waals surface area contributed by atoms with Crippen molar-refractivity contribution in [3.63, 3.8) is 0 Å². The minimum Gasteiger partial charge on any atom is -0.442 e. The molecule has 0 spiro atoms. The molecule has 1 heterocycles. The summed E-state index contributed by atoms with van der Waals surface area (Å²) in [6.07, 6.45) is -0.433. The van der Waals surface area contributed by atoms with Crippen LogP contribution in [0, 0.1) is 5.92 Å². The van der Waals surface area contributed by atoms with Gasteiger partial charge in [-0.15, -0.1) is 0 Å². The van der Waals surface area contributed by atoms with Crippen molar-refractivity contribution in [1.82, 2.24) is 0 Å². The highest BCUT2D eigenvalue weighted by molar-refractivity contribution is 7.91. The summed E-state index contributed by atoms with van der Waals surface area (Å²) in [7, 11) is -3.72. The molecule has 0 amide bonds. The van der Waals surface area contributed by atoms with Gasteiger partial charge in [0.05, 0.1) is 5.75 Å². The van der Waals surface area contributed by atoms with Crippen LogP contribution < -0.4 is 0 Å². The Kier molecular flexibility index (Phi) is 2.81. The lowest BCUT2D eigenvalue weighted by Crippen LogP contribution is -2.39. The molecule has 2 rings (SSSR count). The number of hydrogen-bond donors (Lipinski definition) is 0. The highest BCUT2D eigenvalue weighted by atomic mass is 32.2. The summed E-state index contributed by atoms with van der Waals surface area (Å²) < 4.78 is 53.3. The van der Waals surface area contributed by atoms with Gasteiger partial charge in [0.1, 0.15) is 0 Å². The summed E-state index contributed by atoms with van der Waals surface area (Å²) in [5.74, 6) is -3.74. The van der Waals surface area contributed by atoms with Gasteiger partial charge < -0.3 is 4.42 Å². The fourth-order valence-corrected chi connectivity index (χ4v) is 3.38. The molecule has 4 nitrogen and oxygen atoms in total. The van der Waals surface area contributed by atoms with Gasteiger partial charge in [0.15, 0.2) is 12.0 Å². The van der Waals surface area contributed by atoms with Gasteiger partial charge in [-0.25, -0.2) is 17.2 Å². The zero-order valence-electron chi connectivity index (χ0n) is 8.73. The van der Waals surface area contributed by atoms with Crippen LogP contribution in [0.2, 0.25) is 0 Å². The summed E-state index contributed by atoms with van der Waals surface area (Å²) >= 11 is 0. The van der Waals surface area contributed by atoms with Crippen LogP contribution in [0.5, 0.6) is 0 Å². The van der Waals surface area contributed by atoms with Gasteiger partial charge >= 0.3 is 0 Å². The van der Waals surface area contributed by atoms with E-state index in [4.69, 9.17) is 4.42 Å².